The van der Waals surface area contributed by atoms with Gasteiger partial charge in [0.2, 0.25) is 0 Å². The van der Waals surface area contributed by atoms with Crippen molar-refractivity contribution < 1.29 is 27.6 Å². The van der Waals surface area contributed by atoms with Gasteiger partial charge >= 0.3 is 6.18 Å². The van der Waals surface area contributed by atoms with Gasteiger partial charge in [0.05, 0.1) is 11.3 Å². The van der Waals surface area contributed by atoms with Gasteiger partial charge in [-0.25, -0.2) is 0 Å². The molecule has 0 aliphatic rings. The average molecular weight is 449 g/mol. The fourth-order valence-electron chi connectivity index (χ4n) is 3.05. The lowest BCUT2D eigenvalue weighted by atomic mass is 9.98. The van der Waals surface area contributed by atoms with Crippen LogP contribution in [0.15, 0.2) is 46.7 Å². The van der Waals surface area contributed by atoms with E-state index in [1.165, 1.54) is 14.2 Å². The van der Waals surface area contributed by atoms with Crippen LogP contribution in [0.4, 0.5) is 13.2 Å². The van der Waals surface area contributed by atoms with Gasteiger partial charge in [0, 0.05) is 18.2 Å². The molecule has 0 aliphatic carbocycles. The summed E-state index contributed by atoms with van der Waals surface area (Å²) in [6.45, 7) is 5.19. The molecule has 0 aliphatic heterocycles. The molecule has 0 saturated carbocycles. The van der Waals surface area contributed by atoms with Crippen molar-refractivity contribution >= 4 is 17.3 Å². The average Bonchev–Trinajstić information content (AvgIpc) is 2.77. The van der Waals surface area contributed by atoms with Crippen LogP contribution < -0.4 is 5.32 Å². The number of likely N-dealkylation sites (N-methyl/N-ethyl adjacent to an activating group) is 1. The molecule has 0 radical (unpaired) electrons. The van der Waals surface area contributed by atoms with E-state index in [-0.39, 0.29) is 12.3 Å². The number of hydrogen-bond acceptors (Lipinski definition) is 5. The van der Waals surface area contributed by atoms with E-state index in [2.05, 4.69) is 15.6 Å². The van der Waals surface area contributed by atoms with Crippen LogP contribution in [0, 0.1) is 6.92 Å². The number of hydrogen-bond donors (Lipinski definition) is 1. The summed E-state index contributed by atoms with van der Waals surface area (Å²) in [5, 5.41) is 10.3. The second kappa shape index (κ2) is 10.8. The van der Waals surface area contributed by atoms with Gasteiger partial charge in [-0.05, 0) is 55.2 Å². The zero-order chi connectivity index (χ0) is 23.9. The van der Waals surface area contributed by atoms with E-state index in [1.54, 1.807) is 32.0 Å². The Morgan fingerprint density at radius 2 is 1.88 bits per heavy atom. The highest BCUT2D eigenvalue weighted by Crippen LogP contribution is 2.31. The van der Waals surface area contributed by atoms with Crippen LogP contribution in [-0.4, -0.2) is 31.5 Å². The Morgan fingerprint density at radius 1 is 1.16 bits per heavy atom. The fraction of sp³-hybridized carbons (Fsp3) is 0.348. The molecule has 0 heterocycles. The van der Waals surface area contributed by atoms with Crippen molar-refractivity contribution in [2.45, 2.75) is 40.0 Å². The second-order valence-corrected chi connectivity index (χ2v) is 7.02. The predicted octanol–water partition coefficient (Wildman–Crippen LogP) is 4.61. The minimum absolute atomic E-state index is 0.0152. The maximum atomic E-state index is 13.2. The van der Waals surface area contributed by atoms with Gasteiger partial charge in [-0.15, -0.1) is 0 Å². The topological polar surface area (TPSA) is 72.3 Å². The second-order valence-electron chi connectivity index (χ2n) is 7.02. The number of benzene rings is 2. The standard InChI is InChI=1S/C23H26F3N3O3/c1-6-16-10-17(12-18(11-16)23(24,25)26)15(3)28-32-13-20-14(2)8-7-9-19(20)21(29-31-5)22(30)27-4/h7-12H,6,13H2,1-5H3,(H,27,30)/b28-15+,29-21+. The van der Waals surface area contributed by atoms with Crippen molar-refractivity contribution in [2.75, 3.05) is 14.2 Å². The van der Waals surface area contributed by atoms with Gasteiger partial charge in [-0.2, -0.15) is 13.2 Å². The first kappa shape index (κ1) is 24.9. The number of alkyl halides is 3. The van der Waals surface area contributed by atoms with Crippen molar-refractivity contribution in [1.29, 1.82) is 0 Å². The minimum Gasteiger partial charge on any atom is -0.398 e. The molecule has 6 nitrogen and oxygen atoms in total. The normalized spacial score (nSPS) is 12.5. The van der Waals surface area contributed by atoms with Gasteiger partial charge in [0.25, 0.3) is 5.91 Å². The highest BCUT2D eigenvalue weighted by Gasteiger charge is 2.31. The Labute approximate surface area is 185 Å². The Bertz CT molecular complexity index is 1030. The molecule has 0 spiro atoms. The monoisotopic (exact) mass is 449 g/mol. The molecule has 172 valence electrons. The first-order valence-electron chi connectivity index (χ1n) is 9.92. The summed E-state index contributed by atoms with van der Waals surface area (Å²) < 4.78 is 39.7. The molecule has 9 heteroatoms. The van der Waals surface area contributed by atoms with Gasteiger partial charge in [0.15, 0.2) is 5.71 Å². The van der Waals surface area contributed by atoms with Gasteiger partial charge in [-0.1, -0.05) is 35.4 Å². The Hall–Kier alpha value is -3.36. The van der Waals surface area contributed by atoms with E-state index >= 15 is 0 Å². The van der Waals surface area contributed by atoms with E-state index in [9.17, 15) is 18.0 Å². The number of nitrogens with zero attached hydrogens (tertiary/aromatic N) is 2. The first-order chi connectivity index (χ1) is 15.1. The molecule has 0 atom stereocenters. The van der Waals surface area contributed by atoms with E-state index in [4.69, 9.17) is 9.68 Å². The molecule has 0 saturated heterocycles. The Kier molecular flexibility index (Phi) is 8.40. The molecule has 2 aromatic rings. The molecule has 0 aromatic heterocycles. The number of carbonyl (C=O) groups is 1. The zero-order valence-corrected chi connectivity index (χ0v) is 18.6. The molecule has 0 unspecified atom stereocenters. The zero-order valence-electron chi connectivity index (χ0n) is 18.6. The van der Waals surface area contributed by atoms with Crippen molar-refractivity contribution in [3.63, 3.8) is 0 Å². The van der Waals surface area contributed by atoms with Gasteiger partial charge in [0.1, 0.15) is 13.7 Å². The number of rotatable bonds is 8. The highest BCUT2D eigenvalue weighted by molar-refractivity contribution is 6.45. The van der Waals surface area contributed by atoms with Crippen LogP contribution >= 0.6 is 0 Å². The predicted molar refractivity (Wildman–Crippen MR) is 117 cm³/mol. The van der Waals surface area contributed by atoms with E-state index in [0.29, 0.717) is 34.4 Å². The number of halogens is 3. The molecular weight excluding hydrogens is 423 g/mol. The Morgan fingerprint density at radius 3 is 2.47 bits per heavy atom. The van der Waals surface area contributed by atoms with Crippen LogP contribution in [0.5, 0.6) is 0 Å². The largest absolute Gasteiger partial charge is 0.416 e. The lowest BCUT2D eigenvalue weighted by Gasteiger charge is -2.13. The van der Waals surface area contributed by atoms with Crippen LogP contribution in [0.1, 0.15) is 47.2 Å². The maximum absolute atomic E-state index is 13.2. The van der Waals surface area contributed by atoms with Crippen LogP contribution in [0.3, 0.4) is 0 Å². The molecular formula is C23H26F3N3O3. The minimum atomic E-state index is -4.45. The van der Waals surface area contributed by atoms with E-state index < -0.39 is 17.6 Å². The van der Waals surface area contributed by atoms with Crippen LogP contribution in [0.2, 0.25) is 0 Å². The molecule has 0 fully saturated rings. The molecule has 32 heavy (non-hydrogen) atoms. The van der Waals surface area contributed by atoms with Crippen LogP contribution in [0.25, 0.3) is 0 Å². The number of aryl methyl sites for hydroxylation is 2. The molecule has 2 aromatic carbocycles. The van der Waals surface area contributed by atoms with Crippen LogP contribution in [-0.2, 0) is 33.7 Å². The third kappa shape index (κ3) is 6.09. The van der Waals surface area contributed by atoms with E-state index in [1.807, 2.05) is 13.0 Å². The van der Waals surface area contributed by atoms with Crippen molar-refractivity contribution in [3.8, 4) is 0 Å². The highest BCUT2D eigenvalue weighted by atomic mass is 19.4. The van der Waals surface area contributed by atoms with Crippen molar-refractivity contribution in [3.05, 3.63) is 69.8 Å². The summed E-state index contributed by atoms with van der Waals surface area (Å²) in [4.78, 5) is 22.5. The molecule has 2 rings (SSSR count). The quantitative estimate of drug-likeness (QED) is 0.472. The summed E-state index contributed by atoms with van der Waals surface area (Å²) >= 11 is 0. The van der Waals surface area contributed by atoms with Crippen molar-refractivity contribution in [1.82, 2.24) is 5.32 Å². The molecule has 1 N–H and O–H groups in total. The first-order valence-corrected chi connectivity index (χ1v) is 9.92. The lowest BCUT2D eigenvalue weighted by molar-refractivity contribution is -0.137. The summed E-state index contributed by atoms with van der Waals surface area (Å²) in [5.41, 5.74) is 2.52. The number of carbonyl (C=O) groups excluding carboxylic acids is 1. The van der Waals surface area contributed by atoms with Crippen molar-refractivity contribution in [2.24, 2.45) is 10.3 Å². The SMILES string of the molecule is CCc1cc(/C(C)=N/OCc2c(C)cccc2/C(=N\OC)C(=O)NC)cc(C(F)(F)F)c1. The third-order valence-corrected chi connectivity index (χ3v) is 4.85. The number of amides is 1. The number of oxime groups is 2. The molecule has 0 bridgehead atoms. The summed E-state index contributed by atoms with van der Waals surface area (Å²) in [6.07, 6.45) is -3.99. The maximum Gasteiger partial charge on any atom is 0.416 e. The smallest absolute Gasteiger partial charge is 0.398 e. The van der Waals surface area contributed by atoms with E-state index in [0.717, 1.165) is 17.7 Å². The fourth-order valence-corrected chi connectivity index (χ4v) is 3.05. The number of nitrogens with one attached hydrogen (secondary N) is 1. The summed E-state index contributed by atoms with van der Waals surface area (Å²) in [6, 6.07) is 9.16. The summed E-state index contributed by atoms with van der Waals surface area (Å²) in [7, 11) is 2.81. The summed E-state index contributed by atoms with van der Waals surface area (Å²) in [5.74, 6) is -0.436. The van der Waals surface area contributed by atoms with Gasteiger partial charge in [-0.3, -0.25) is 4.79 Å². The molecule has 1 amide bonds. The van der Waals surface area contributed by atoms with Gasteiger partial charge < -0.3 is 15.0 Å². The lowest BCUT2D eigenvalue weighted by Crippen LogP contribution is -2.29. The third-order valence-electron chi connectivity index (χ3n) is 4.85. The Balaban J connectivity index is 2.34.